The van der Waals surface area contributed by atoms with Gasteiger partial charge in [0.25, 0.3) is 6.01 Å². The standard InChI is InChI=1S/C8H5F3N2OS/c9-8(10,11)6-2-1-5(15-6)4-3-13-7(12)14-4/h1-3H,(H2,12,13). The van der Waals surface area contributed by atoms with Gasteiger partial charge in [-0.05, 0) is 12.1 Å². The zero-order valence-electron chi connectivity index (χ0n) is 7.21. The zero-order chi connectivity index (χ0) is 11.1. The Morgan fingerprint density at radius 1 is 1.33 bits per heavy atom. The lowest BCUT2D eigenvalue weighted by molar-refractivity contribution is -0.134. The first-order valence-electron chi connectivity index (χ1n) is 3.85. The van der Waals surface area contributed by atoms with Crippen LogP contribution in [0.1, 0.15) is 4.88 Å². The number of nitrogens with zero attached hydrogens (tertiary/aromatic N) is 1. The number of halogens is 3. The molecular formula is C8H5F3N2OS. The molecule has 15 heavy (non-hydrogen) atoms. The summed E-state index contributed by atoms with van der Waals surface area (Å²) in [5.74, 6) is 0.244. The number of nitrogens with two attached hydrogens (primary N) is 1. The zero-order valence-corrected chi connectivity index (χ0v) is 8.02. The maximum atomic E-state index is 12.3. The highest BCUT2D eigenvalue weighted by atomic mass is 32.1. The maximum absolute atomic E-state index is 12.3. The predicted octanol–water partition coefficient (Wildman–Crippen LogP) is 3.00. The highest BCUT2D eigenvalue weighted by Gasteiger charge is 2.32. The van der Waals surface area contributed by atoms with Gasteiger partial charge in [0.05, 0.1) is 11.1 Å². The summed E-state index contributed by atoms with van der Waals surface area (Å²) in [5.41, 5.74) is 5.21. The van der Waals surface area contributed by atoms with Crippen LogP contribution in [-0.2, 0) is 6.18 Å². The van der Waals surface area contributed by atoms with Gasteiger partial charge in [0.2, 0.25) is 0 Å². The smallest absolute Gasteiger partial charge is 0.423 e. The Balaban J connectivity index is 2.36. The number of rotatable bonds is 1. The van der Waals surface area contributed by atoms with Crippen LogP contribution in [0.3, 0.4) is 0 Å². The molecule has 2 heterocycles. The minimum absolute atomic E-state index is 0.0630. The van der Waals surface area contributed by atoms with Crippen LogP contribution in [0, 0.1) is 0 Å². The Morgan fingerprint density at radius 2 is 2.07 bits per heavy atom. The van der Waals surface area contributed by atoms with Crippen molar-refractivity contribution in [2.24, 2.45) is 0 Å². The fourth-order valence-electron chi connectivity index (χ4n) is 1.02. The molecule has 2 aromatic rings. The SMILES string of the molecule is Nc1ncc(-c2ccc(C(F)(F)F)s2)o1. The molecule has 0 aromatic carbocycles. The summed E-state index contributed by atoms with van der Waals surface area (Å²) in [6.07, 6.45) is -3.03. The van der Waals surface area contributed by atoms with Crippen LogP contribution in [0.25, 0.3) is 10.6 Å². The first kappa shape index (κ1) is 10.0. The van der Waals surface area contributed by atoms with E-state index in [1.54, 1.807) is 0 Å². The van der Waals surface area contributed by atoms with Gasteiger partial charge >= 0.3 is 6.18 Å². The maximum Gasteiger partial charge on any atom is 0.425 e. The van der Waals surface area contributed by atoms with Crippen LogP contribution < -0.4 is 5.73 Å². The molecule has 0 radical (unpaired) electrons. The molecule has 0 atom stereocenters. The highest BCUT2D eigenvalue weighted by Crippen LogP contribution is 2.38. The summed E-state index contributed by atoms with van der Waals surface area (Å²) >= 11 is 0.592. The second kappa shape index (κ2) is 3.27. The fourth-order valence-corrected chi connectivity index (χ4v) is 1.84. The van der Waals surface area contributed by atoms with E-state index < -0.39 is 11.1 Å². The predicted molar refractivity (Wildman–Crippen MR) is 49.2 cm³/mol. The summed E-state index contributed by atoms with van der Waals surface area (Å²) in [6, 6.07) is 2.26. The molecule has 0 aliphatic carbocycles. The Kier molecular flexibility index (Phi) is 2.18. The van der Waals surface area contributed by atoms with E-state index in [-0.39, 0.29) is 11.8 Å². The third kappa shape index (κ3) is 1.96. The van der Waals surface area contributed by atoms with Gasteiger partial charge in [-0.25, -0.2) is 4.98 Å². The van der Waals surface area contributed by atoms with Crippen LogP contribution in [0.2, 0.25) is 0 Å². The molecule has 7 heteroatoms. The lowest BCUT2D eigenvalue weighted by Gasteiger charge is -2.00. The largest absolute Gasteiger partial charge is 0.425 e. The number of alkyl halides is 3. The molecule has 0 unspecified atom stereocenters. The average Bonchev–Trinajstić information content (AvgIpc) is 2.69. The van der Waals surface area contributed by atoms with Crippen molar-refractivity contribution in [3.63, 3.8) is 0 Å². The molecule has 0 amide bonds. The normalized spacial score (nSPS) is 11.9. The molecule has 0 spiro atoms. The number of nitrogen functional groups attached to an aromatic ring is 1. The summed E-state index contributed by atoms with van der Waals surface area (Å²) in [5, 5.41) is 0. The van der Waals surface area contributed by atoms with E-state index in [2.05, 4.69) is 4.98 Å². The highest BCUT2D eigenvalue weighted by molar-refractivity contribution is 7.15. The summed E-state index contributed by atoms with van der Waals surface area (Å²) in [6.45, 7) is 0. The third-order valence-electron chi connectivity index (χ3n) is 1.65. The van der Waals surface area contributed by atoms with Crippen LogP contribution in [0.5, 0.6) is 0 Å². The van der Waals surface area contributed by atoms with E-state index in [1.165, 1.54) is 12.3 Å². The van der Waals surface area contributed by atoms with E-state index in [9.17, 15) is 13.2 Å². The van der Waals surface area contributed by atoms with Crippen molar-refractivity contribution < 1.29 is 17.6 Å². The monoisotopic (exact) mass is 234 g/mol. The molecule has 0 bridgehead atoms. The van der Waals surface area contributed by atoms with Gasteiger partial charge in [-0.15, -0.1) is 11.3 Å². The molecule has 80 valence electrons. The van der Waals surface area contributed by atoms with Crippen molar-refractivity contribution in [2.45, 2.75) is 6.18 Å². The molecule has 2 rings (SSSR count). The molecule has 0 fully saturated rings. The van der Waals surface area contributed by atoms with Crippen molar-refractivity contribution in [1.82, 2.24) is 4.98 Å². The average molecular weight is 234 g/mol. The van der Waals surface area contributed by atoms with Crippen molar-refractivity contribution in [3.8, 4) is 10.6 Å². The van der Waals surface area contributed by atoms with Crippen molar-refractivity contribution in [2.75, 3.05) is 5.73 Å². The van der Waals surface area contributed by atoms with Crippen molar-refractivity contribution in [1.29, 1.82) is 0 Å². The van der Waals surface area contributed by atoms with E-state index in [0.717, 1.165) is 6.07 Å². The summed E-state index contributed by atoms with van der Waals surface area (Å²) in [4.78, 5) is 3.28. The van der Waals surface area contributed by atoms with Crippen LogP contribution in [0.15, 0.2) is 22.7 Å². The molecule has 0 aliphatic rings. The lowest BCUT2D eigenvalue weighted by atomic mass is 10.4. The van der Waals surface area contributed by atoms with E-state index in [0.29, 0.717) is 16.2 Å². The quantitative estimate of drug-likeness (QED) is 0.825. The number of oxazole rings is 1. The van der Waals surface area contributed by atoms with Crippen LogP contribution in [0.4, 0.5) is 19.2 Å². The van der Waals surface area contributed by atoms with Crippen LogP contribution in [-0.4, -0.2) is 4.98 Å². The fraction of sp³-hybridized carbons (Fsp3) is 0.125. The molecule has 3 nitrogen and oxygen atoms in total. The van der Waals surface area contributed by atoms with Gasteiger partial charge in [0.15, 0.2) is 5.76 Å². The van der Waals surface area contributed by atoms with Crippen molar-refractivity contribution >= 4 is 17.4 Å². The molecular weight excluding hydrogens is 229 g/mol. The number of hydrogen-bond donors (Lipinski definition) is 1. The van der Waals surface area contributed by atoms with Gasteiger partial charge in [-0.1, -0.05) is 0 Å². The van der Waals surface area contributed by atoms with Gasteiger partial charge < -0.3 is 10.2 Å². The Bertz CT molecular complexity index is 474. The van der Waals surface area contributed by atoms with Crippen LogP contribution >= 0.6 is 11.3 Å². The Morgan fingerprint density at radius 3 is 2.53 bits per heavy atom. The van der Waals surface area contributed by atoms with E-state index in [4.69, 9.17) is 10.2 Å². The minimum atomic E-state index is -4.32. The third-order valence-corrected chi connectivity index (χ3v) is 2.80. The Labute approximate surface area is 86.3 Å². The lowest BCUT2D eigenvalue weighted by Crippen LogP contribution is -2.00. The van der Waals surface area contributed by atoms with Crippen molar-refractivity contribution in [3.05, 3.63) is 23.2 Å². The molecule has 0 aliphatic heterocycles. The van der Waals surface area contributed by atoms with E-state index in [1.807, 2.05) is 0 Å². The molecule has 2 N–H and O–H groups in total. The number of aromatic nitrogens is 1. The number of hydrogen-bond acceptors (Lipinski definition) is 4. The Hall–Kier alpha value is -1.50. The molecule has 0 saturated heterocycles. The number of thiophene rings is 1. The van der Waals surface area contributed by atoms with Gasteiger partial charge in [0, 0.05) is 0 Å². The topological polar surface area (TPSA) is 52.0 Å². The van der Waals surface area contributed by atoms with Gasteiger partial charge in [0.1, 0.15) is 4.88 Å². The second-order valence-corrected chi connectivity index (χ2v) is 3.81. The van der Waals surface area contributed by atoms with Gasteiger partial charge in [-0.3, -0.25) is 0 Å². The first-order valence-corrected chi connectivity index (χ1v) is 4.67. The minimum Gasteiger partial charge on any atom is -0.423 e. The van der Waals surface area contributed by atoms with E-state index >= 15 is 0 Å². The number of anilines is 1. The molecule has 0 saturated carbocycles. The second-order valence-electron chi connectivity index (χ2n) is 2.72. The van der Waals surface area contributed by atoms with Gasteiger partial charge in [-0.2, -0.15) is 13.2 Å². The first-order chi connectivity index (χ1) is 6.97. The molecule has 2 aromatic heterocycles. The summed E-state index contributed by atoms with van der Waals surface area (Å²) in [7, 11) is 0. The summed E-state index contributed by atoms with van der Waals surface area (Å²) < 4.78 is 41.7.